The maximum atomic E-state index is 13.0. The van der Waals surface area contributed by atoms with Crippen molar-refractivity contribution in [2.75, 3.05) is 21.7 Å². The van der Waals surface area contributed by atoms with Gasteiger partial charge in [-0.05, 0) is 60.0 Å². The molecule has 3 amide bonds. The number of nitrogen functional groups attached to an aromatic ring is 1. The van der Waals surface area contributed by atoms with Crippen molar-refractivity contribution in [2.45, 2.75) is 39.0 Å². The van der Waals surface area contributed by atoms with Crippen LogP contribution in [0.3, 0.4) is 0 Å². The van der Waals surface area contributed by atoms with E-state index in [0.717, 1.165) is 33.8 Å². The van der Waals surface area contributed by atoms with Crippen LogP contribution in [0.25, 0.3) is 16.8 Å². The molecule has 0 bridgehead atoms. The van der Waals surface area contributed by atoms with Crippen LogP contribution in [0.2, 0.25) is 0 Å². The number of benzene rings is 2. The molecule has 2 aromatic carbocycles. The number of carbonyl (C=O) groups excluding carboxylic acids is 2. The number of aromatic nitrogens is 3. The second kappa shape index (κ2) is 9.42. The topological polar surface area (TPSA) is 127 Å². The molecule has 0 saturated heterocycles. The third-order valence-corrected chi connectivity index (χ3v) is 6.19. The fraction of sp³-hybridized carbons (Fsp3) is 0.214. The van der Waals surface area contributed by atoms with E-state index in [1.807, 2.05) is 54.6 Å². The average Bonchev–Trinajstić information content (AvgIpc) is 3.28. The van der Waals surface area contributed by atoms with Crippen molar-refractivity contribution in [3.8, 4) is 16.8 Å². The number of anilines is 4. The van der Waals surface area contributed by atoms with Crippen molar-refractivity contribution in [3.05, 3.63) is 78.1 Å². The molecule has 0 atom stereocenters. The highest BCUT2D eigenvalue weighted by Gasteiger charge is 2.23. The van der Waals surface area contributed by atoms with E-state index in [-0.39, 0.29) is 17.4 Å². The number of hydrogen-bond donors (Lipinski definition) is 4. The molecular weight excluding hydrogens is 466 g/mol. The first kappa shape index (κ1) is 24.1. The molecule has 4 aromatic rings. The number of aryl methyl sites for hydroxylation is 1. The maximum absolute atomic E-state index is 13.0. The van der Waals surface area contributed by atoms with Gasteiger partial charge in [0, 0.05) is 41.0 Å². The SMILES string of the molecule is CC(C)(C)c1cc(NC(=O)Nc2cccc(-c3ccc(N)nc3)c2)n(-c2ccc3c(c2)CCC(=O)N3)n1. The number of rotatable bonds is 4. The first-order valence-electron chi connectivity index (χ1n) is 12.1. The van der Waals surface area contributed by atoms with Crippen LogP contribution in [0.1, 0.15) is 38.4 Å². The predicted octanol–water partition coefficient (Wildman–Crippen LogP) is 5.34. The van der Waals surface area contributed by atoms with Crippen molar-refractivity contribution in [1.29, 1.82) is 0 Å². The van der Waals surface area contributed by atoms with Gasteiger partial charge >= 0.3 is 6.03 Å². The second-order valence-corrected chi connectivity index (χ2v) is 10.1. The molecule has 0 fully saturated rings. The van der Waals surface area contributed by atoms with Gasteiger partial charge in [0.1, 0.15) is 11.6 Å². The highest BCUT2D eigenvalue weighted by Crippen LogP contribution is 2.30. The fourth-order valence-corrected chi connectivity index (χ4v) is 4.17. The largest absolute Gasteiger partial charge is 0.384 e. The average molecular weight is 496 g/mol. The summed E-state index contributed by atoms with van der Waals surface area (Å²) in [5, 5.41) is 13.6. The normalized spacial score (nSPS) is 13.0. The standard InChI is InChI=1S/C28H29N7O2/c1-28(2,3)23-15-25(35(34-23)21-9-10-22-18(14-21)8-12-26(36)32-22)33-27(37)31-20-6-4-5-17(13-20)19-7-11-24(29)30-16-19/h4-7,9-11,13-16H,8,12H2,1-3H3,(H2,29,30)(H,32,36)(H2,31,33,37). The van der Waals surface area contributed by atoms with Gasteiger partial charge in [0.05, 0.1) is 11.4 Å². The third kappa shape index (κ3) is 5.30. The van der Waals surface area contributed by atoms with E-state index in [1.165, 1.54) is 0 Å². The monoisotopic (exact) mass is 495 g/mol. The molecular formula is C28H29N7O2. The van der Waals surface area contributed by atoms with Crippen molar-refractivity contribution in [3.63, 3.8) is 0 Å². The summed E-state index contributed by atoms with van der Waals surface area (Å²) >= 11 is 0. The summed E-state index contributed by atoms with van der Waals surface area (Å²) in [5.74, 6) is 1.01. The lowest BCUT2D eigenvalue weighted by molar-refractivity contribution is -0.116. The molecule has 9 nitrogen and oxygen atoms in total. The van der Waals surface area contributed by atoms with Crippen molar-refractivity contribution in [1.82, 2.24) is 14.8 Å². The number of fused-ring (bicyclic) bond motifs is 1. The molecule has 0 saturated carbocycles. The quantitative estimate of drug-likeness (QED) is 0.304. The minimum absolute atomic E-state index is 0.0186. The van der Waals surface area contributed by atoms with E-state index in [2.05, 4.69) is 41.7 Å². The fourth-order valence-electron chi connectivity index (χ4n) is 4.17. The zero-order valence-electron chi connectivity index (χ0n) is 21.0. The Morgan fingerprint density at radius 1 is 1.00 bits per heavy atom. The number of pyridine rings is 1. The summed E-state index contributed by atoms with van der Waals surface area (Å²) in [5.41, 5.74) is 11.4. The van der Waals surface area contributed by atoms with Crippen LogP contribution >= 0.6 is 0 Å². The van der Waals surface area contributed by atoms with Gasteiger partial charge in [0.25, 0.3) is 0 Å². The summed E-state index contributed by atoms with van der Waals surface area (Å²) < 4.78 is 1.73. The van der Waals surface area contributed by atoms with Crippen molar-refractivity contribution in [2.24, 2.45) is 0 Å². The predicted molar refractivity (Wildman–Crippen MR) is 146 cm³/mol. The van der Waals surface area contributed by atoms with Crippen LogP contribution in [-0.4, -0.2) is 26.7 Å². The Kier molecular flexibility index (Phi) is 6.12. The summed E-state index contributed by atoms with van der Waals surface area (Å²) in [6, 6.07) is 18.4. The van der Waals surface area contributed by atoms with Gasteiger partial charge in [0.2, 0.25) is 5.91 Å². The van der Waals surface area contributed by atoms with E-state index in [1.54, 1.807) is 16.9 Å². The van der Waals surface area contributed by atoms with E-state index in [0.29, 0.717) is 30.2 Å². The van der Waals surface area contributed by atoms with Crippen LogP contribution in [0, 0.1) is 0 Å². The molecule has 0 radical (unpaired) electrons. The molecule has 188 valence electrons. The first-order chi connectivity index (χ1) is 17.7. The number of amides is 3. The maximum Gasteiger partial charge on any atom is 0.324 e. The number of nitrogens with one attached hydrogen (secondary N) is 3. The summed E-state index contributed by atoms with van der Waals surface area (Å²) in [7, 11) is 0. The van der Waals surface area contributed by atoms with Gasteiger partial charge in [-0.3, -0.25) is 10.1 Å². The van der Waals surface area contributed by atoms with E-state index < -0.39 is 0 Å². The highest BCUT2D eigenvalue weighted by molar-refractivity contribution is 6.00. The lowest BCUT2D eigenvalue weighted by atomic mass is 9.92. The number of nitrogens with zero attached hydrogens (tertiary/aromatic N) is 3. The molecule has 1 aliphatic heterocycles. The smallest absolute Gasteiger partial charge is 0.324 e. The molecule has 2 aromatic heterocycles. The van der Waals surface area contributed by atoms with Gasteiger partial charge < -0.3 is 16.4 Å². The molecule has 37 heavy (non-hydrogen) atoms. The van der Waals surface area contributed by atoms with Crippen molar-refractivity contribution >= 4 is 34.9 Å². The third-order valence-electron chi connectivity index (χ3n) is 6.19. The Labute approximate surface area is 215 Å². The Morgan fingerprint density at radius 2 is 1.84 bits per heavy atom. The molecule has 5 rings (SSSR count). The van der Waals surface area contributed by atoms with E-state index in [4.69, 9.17) is 10.8 Å². The Balaban J connectivity index is 1.40. The van der Waals surface area contributed by atoms with Gasteiger partial charge in [-0.2, -0.15) is 5.10 Å². The van der Waals surface area contributed by atoms with Gasteiger partial charge in [-0.1, -0.05) is 32.9 Å². The Morgan fingerprint density at radius 3 is 2.59 bits per heavy atom. The molecule has 0 spiro atoms. The molecule has 0 unspecified atom stereocenters. The number of hydrogen-bond acceptors (Lipinski definition) is 5. The van der Waals surface area contributed by atoms with Crippen molar-refractivity contribution < 1.29 is 9.59 Å². The lowest BCUT2D eigenvalue weighted by Gasteiger charge is -2.18. The van der Waals surface area contributed by atoms with Gasteiger partial charge in [-0.25, -0.2) is 14.5 Å². The van der Waals surface area contributed by atoms with Crippen LogP contribution in [0.4, 0.5) is 27.8 Å². The van der Waals surface area contributed by atoms with Crippen LogP contribution in [-0.2, 0) is 16.6 Å². The number of carbonyl (C=O) groups is 2. The van der Waals surface area contributed by atoms with E-state index >= 15 is 0 Å². The zero-order chi connectivity index (χ0) is 26.2. The molecule has 1 aliphatic rings. The first-order valence-corrected chi connectivity index (χ1v) is 12.1. The molecule has 3 heterocycles. The zero-order valence-corrected chi connectivity index (χ0v) is 21.0. The summed E-state index contributed by atoms with van der Waals surface area (Å²) in [4.78, 5) is 28.9. The minimum atomic E-state index is -0.389. The Bertz CT molecular complexity index is 1480. The van der Waals surface area contributed by atoms with Crippen LogP contribution < -0.4 is 21.7 Å². The summed E-state index contributed by atoms with van der Waals surface area (Å²) in [6.07, 6.45) is 2.80. The lowest BCUT2D eigenvalue weighted by Crippen LogP contribution is -2.22. The number of nitrogens with two attached hydrogens (primary N) is 1. The summed E-state index contributed by atoms with van der Waals surface area (Å²) in [6.45, 7) is 6.22. The van der Waals surface area contributed by atoms with E-state index in [9.17, 15) is 9.59 Å². The molecule has 5 N–H and O–H groups in total. The van der Waals surface area contributed by atoms with Crippen LogP contribution in [0.5, 0.6) is 0 Å². The van der Waals surface area contributed by atoms with Gasteiger partial charge in [0.15, 0.2) is 0 Å². The molecule has 0 aliphatic carbocycles. The highest BCUT2D eigenvalue weighted by atomic mass is 16.2. The minimum Gasteiger partial charge on any atom is -0.384 e. The molecule has 9 heteroatoms. The second-order valence-electron chi connectivity index (χ2n) is 10.1. The van der Waals surface area contributed by atoms with Gasteiger partial charge in [-0.15, -0.1) is 0 Å². The Hall–Kier alpha value is -4.66. The number of urea groups is 1. The van der Waals surface area contributed by atoms with Crippen LogP contribution in [0.15, 0.2) is 66.9 Å².